The summed E-state index contributed by atoms with van der Waals surface area (Å²) in [5, 5.41) is 40.8. The average molecular weight is 830 g/mol. The summed E-state index contributed by atoms with van der Waals surface area (Å²) < 4.78 is 0. The van der Waals surface area contributed by atoms with Gasteiger partial charge >= 0.3 is 55.2 Å². The van der Waals surface area contributed by atoms with Crippen LogP contribution in [-0.4, -0.2) is 109 Å². The molecule has 4 aromatic rings. The van der Waals surface area contributed by atoms with E-state index in [1.807, 2.05) is 0 Å². The van der Waals surface area contributed by atoms with Crippen molar-refractivity contribution in [3.05, 3.63) is 59.2 Å². The molecule has 34 N–H and O–H groups in total. The maximum atomic E-state index is 10.2. The molecule has 0 saturated heterocycles. The smallest absolute Gasteiger partial charge is 0.543 e. The van der Waals surface area contributed by atoms with Gasteiger partial charge in [-0.05, 0) is 24.3 Å². The van der Waals surface area contributed by atoms with Crippen LogP contribution in [0, 0.1) is 0 Å². The summed E-state index contributed by atoms with van der Waals surface area (Å²) in [6, 6.07) is 7.07. The number of H-pyrrole nitrogens is 2. The van der Waals surface area contributed by atoms with Crippen LogP contribution in [0.4, 0.5) is 35.7 Å². The first-order valence-electron chi connectivity index (χ1n) is 10.5. The maximum absolute atomic E-state index is 10.2. The van der Waals surface area contributed by atoms with Gasteiger partial charge in [0, 0.05) is 0 Å². The normalized spacial score (nSPS) is 7.40. The fourth-order valence-corrected chi connectivity index (χ4v) is 2.24. The molecule has 0 fully saturated rings. The van der Waals surface area contributed by atoms with E-state index in [4.69, 9.17) is 34.4 Å². The predicted molar refractivity (Wildman–Crippen MR) is 166 cm³/mol. The SMILES string of the molecule is Nc1nc(N)[nH+]c(N)n1.Nc1nc(N)[nH+]c(N)n1.O.O.O.O.O.O.O.O.O.O.O=C([O-])c1cccc(C(=O)[O-])n1.O=C([O-])c1cccc(C(=O)[O-])n1.[Zn+2]. The zero-order valence-electron chi connectivity index (χ0n) is 26.6. The van der Waals surface area contributed by atoms with Crippen LogP contribution in [0.5, 0.6) is 0 Å². The minimum Gasteiger partial charge on any atom is -0.543 e. The van der Waals surface area contributed by atoms with E-state index in [-0.39, 0.29) is 110 Å². The topological polar surface area (TPSA) is 737 Å². The van der Waals surface area contributed by atoms with E-state index >= 15 is 0 Å². The number of aromatic amines is 2. The number of carbonyl (C=O) groups is 4. The summed E-state index contributed by atoms with van der Waals surface area (Å²) in [5.41, 5.74) is 29.4. The van der Waals surface area contributed by atoms with Crippen molar-refractivity contribution in [1.29, 1.82) is 0 Å². The maximum Gasteiger partial charge on any atom is 2.00 e. The number of hydrogen-bond acceptors (Lipinski definition) is 20. The number of carbonyl (C=O) groups excluding carboxylic acids is 4. The summed E-state index contributed by atoms with van der Waals surface area (Å²) in [5.74, 6) is -5.25. The second-order valence-corrected chi connectivity index (χ2v) is 6.92. The third kappa shape index (κ3) is 29.8. The molecule has 0 spiro atoms. The Hall–Kier alpha value is -6.78. The Morgan fingerprint density at radius 2 is 0.566 bits per heavy atom. The van der Waals surface area contributed by atoms with Crippen molar-refractivity contribution in [2.75, 3.05) is 34.4 Å². The van der Waals surface area contributed by atoms with Crippen LogP contribution < -0.4 is 64.8 Å². The van der Waals surface area contributed by atoms with Gasteiger partial charge in [-0.25, -0.2) is 19.9 Å². The number of carboxylic acid groups (broad SMARTS) is 4. The van der Waals surface area contributed by atoms with Crippen molar-refractivity contribution >= 4 is 59.6 Å². The number of aromatic nitrogens is 8. The molecule has 0 aliphatic carbocycles. The first kappa shape index (κ1) is 76.2. The van der Waals surface area contributed by atoms with Crippen LogP contribution in [-0.2, 0) is 19.5 Å². The van der Waals surface area contributed by atoms with Gasteiger partial charge < -0.3 is 129 Å². The van der Waals surface area contributed by atoms with E-state index in [1.165, 1.54) is 12.1 Å². The van der Waals surface area contributed by atoms with Gasteiger partial charge in [0.1, 0.15) is 0 Å². The monoisotopic (exact) mass is 828 g/mol. The Bertz CT molecular complexity index is 1340. The minimum absolute atomic E-state index is 0. The van der Waals surface area contributed by atoms with Gasteiger partial charge in [0.25, 0.3) is 0 Å². The molecule has 0 aliphatic rings. The van der Waals surface area contributed by atoms with E-state index in [0.717, 1.165) is 24.3 Å². The molecule has 0 aromatic carbocycles. The number of aromatic carboxylic acids is 4. The molecule has 0 bridgehead atoms. The quantitative estimate of drug-likeness (QED) is 0.104. The number of rotatable bonds is 4. The summed E-state index contributed by atoms with van der Waals surface area (Å²) in [4.78, 5) is 66.4. The molecule has 0 radical (unpaired) electrons. The zero-order valence-corrected chi connectivity index (χ0v) is 29.6. The number of pyridine rings is 2. The molecular weight excluding hydrogens is 790 g/mol. The molecular formula is C20H40N14O18Zn. The molecule has 32 nitrogen and oxygen atoms in total. The second kappa shape index (κ2) is 36.5. The van der Waals surface area contributed by atoms with Crippen LogP contribution in [0.25, 0.3) is 0 Å². The van der Waals surface area contributed by atoms with Gasteiger partial charge in [-0.2, -0.15) is 0 Å². The minimum atomic E-state index is -1.52. The number of hydrogen-bond donors (Lipinski definition) is 6. The van der Waals surface area contributed by atoms with E-state index < -0.39 is 46.7 Å². The number of anilines is 6. The van der Waals surface area contributed by atoms with Gasteiger partial charge in [-0.15, -0.1) is 0 Å². The zero-order chi connectivity index (χ0) is 32.0. The predicted octanol–water partition coefficient (Wildman–Crippen LogP) is -16.6. The number of nitrogens with two attached hydrogens (primary N) is 6. The van der Waals surface area contributed by atoms with Crippen LogP contribution in [0.2, 0.25) is 0 Å². The molecule has 0 unspecified atom stereocenters. The van der Waals surface area contributed by atoms with Crippen molar-refractivity contribution in [3.8, 4) is 0 Å². The van der Waals surface area contributed by atoms with E-state index in [9.17, 15) is 39.6 Å². The number of carboxylic acids is 4. The van der Waals surface area contributed by atoms with Gasteiger partial charge in [0.2, 0.25) is 0 Å². The molecule has 0 aliphatic heterocycles. The fraction of sp³-hybridized carbons (Fsp3) is 0. The first-order valence-corrected chi connectivity index (χ1v) is 10.5. The van der Waals surface area contributed by atoms with Gasteiger partial charge in [0.05, 0.1) is 46.7 Å². The van der Waals surface area contributed by atoms with E-state index in [1.54, 1.807) is 0 Å². The molecule has 4 rings (SSSR count). The summed E-state index contributed by atoms with van der Waals surface area (Å²) in [6.07, 6.45) is 0. The summed E-state index contributed by atoms with van der Waals surface area (Å²) >= 11 is 0. The van der Waals surface area contributed by atoms with Gasteiger partial charge in [0.15, 0.2) is 0 Å². The van der Waals surface area contributed by atoms with E-state index in [0.29, 0.717) is 0 Å². The Labute approximate surface area is 306 Å². The number of nitrogen functional groups attached to an aromatic ring is 6. The molecule has 0 saturated carbocycles. The van der Waals surface area contributed by atoms with E-state index in [2.05, 4.69) is 39.9 Å². The Morgan fingerprint density at radius 3 is 0.698 bits per heavy atom. The van der Waals surface area contributed by atoms with Gasteiger partial charge in [-0.1, -0.05) is 32.1 Å². The number of nitrogens with zero attached hydrogens (tertiary/aromatic N) is 6. The van der Waals surface area contributed by atoms with Crippen LogP contribution in [0.15, 0.2) is 36.4 Å². The van der Waals surface area contributed by atoms with Crippen molar-refractivity contribution in [1.82, 2.24) is 29.9 Å². The Kier molecular flexibility index (Phi) is 52.5. The van der Waals surface area contributed by atoms with Crippen LogP contribution in [0.1, 0.15) is 42.0 Å². The van der Waals surface area contributed by atoms with Crippen molar-refractivity contribution < 1.29 is 124 Å². The Balaban J connectivity index is -0.0000000464. The number of nitrogens with one attached hydrogen (secondary N) is 2. The van der Waals surface area contributed by atoms with Crippen LogP contribution >= 0.6 is 0 Å². The summed E-state index contributed by atoms with van der Waals surface area (Å²) in [6.45, 7) is 0. The molecule has 4 aromatic heterocycles. The third-order valence-corrected chi connectivity index (χ3v) is 3.79. The fourth-order valence-electron chi connectivity index (χ4n) is 2.24. The molecule has 300 valence electrons. The largest absolute Gasteiger partial charge is 2.00 e. The standard InChI is InChI=1S/2C7H5NO4.2C3H6N6.10H2O.Zn/c2*9-6(10)4-2-1-3-5(8-4)7(11)12;2*4-1-7-2(5)9-3(6)8-1;;;;;;;;;;;/h2*1-3H,(H,9,10)(H,11,12);2*(H6,4,5,6,7,8,9);10*1H2;/q;;;;;;;;;;;;;;+2/p-2. The van der Waals surface area contributed by atoms with Crippen LogP contribution in [0.3, 0.4) is 0 Å². The Morgan fingerprint density at radius 1 is 0.396 bits per heavy atom. The van der Waals surface area contributed by atoms with Crippen molar-refractivity contribution in [3.63, 3.8) is 0 Å². The van der Waals surface area contributed by atoms with Gasteiger partial charge in [-0.3, -0.25) is 0 Å². The molecule has 4 heterocycles. The molecule has 0 amide bonds. The first-order chi connectivity index (χ1) is 19.6. The van der Waals surface area contributed by atoms with Crippen molar-refractivity contribution in [2.45, 2.75) is 0 Å². The van der Waals surface area contributed by atoms with Crippen molar-refractivity contribution in [2.24, 2.45) is 0 Å². The molecule has 33 heteroatoms. The third-order valence-electron chi connectivity index (χ3n) is 3.79. The summed E-state index contributed by atoms with van der Waals surface area (Å²) in [7, 11) is 0. The average Bonchev–Trinajstić information content (AvgIpc) is 2.88. The molecule has 53 heavy (non-hydrogen) atoms. The second-order valence-electron chi connectivity index (χ2n) is 6.92. The molecule has 0 atom stereocenters.